The Bertz CT molecular complexity index is 472. The number of nitrogens with zero attached hydrogens (tertiary/aromatic N) is 1. The summed E-state index contributed by atoms with van der Waals surface area (Å²) < 4.78 is 5.06. The molecule has 0 aromatic heterocycles. The molecule has 1 atom stereocenters. The van der Waals surface area contributed by atoms with Gasteiger partial charge in [-0.05, 0) is 19.1 Å². The van der Waals surface area contributed by atoms with E-state index in [0.717, 1.165) is 5.56 Å². The van der Waals surface area contributed by atoms with Crippen LogP contribution in [0.5, 0.6) is 0 Å². The van der Waals surface area contributed by atoms with Crippen molar-refractivity contribution >= 4 is 17.7 Å². The number of morpholine rings is 1. The number of benzene rings is 1. The number of carbonyl (C=O) groups is 2. The molecule has 1 aromatic carbocycles. The van der Waals surface area contributed by atoms with Crippen molar-refractivity contribution in [1.82, 2.24) is 4.90 Å². The van der Waals surface area contributed by atoms with Gasteiger partial charge in [0.2, 0.25) is 0 Å². The molecule has 19 heavy (non-hydrogen) atoms. The van der Waals surface area contributed by atoms with Crippen LogP contribution in [0.2, 0.25) is 0 Å². The molecule has 1 heterocycles. The second kappa shape index (κ2) is 5.71. The van der Waals surface area contributed by atoms with Crippen molar-refractivity contribution in [2.75, 3.05) is 25.0 Å². The lowest BCUT2D eigenvalue weighted by molar-refractivity contribution is -0.154. The van der Waals surface area contributed by atoms with Crippen LogP contribution >= 0.6 is 0 Å². The average molecular weight is 264 g/mol. The number of aryl methyl sites for hydroxylation is 1. The highest BCUT2D eigenvalue weighted by Crippen LogP contribution is 2.11. The minimum Gasteiger partial charge on any atom is -0.479 e. The Morgan fingerprint density at radius 1 is 1.37 bits per heavy atom. The van der Waals surface area contributed by atoms with E-state index in [4.69, 9.17) is 9.84 Å². The van der Waals surface area contributed by atoms with Crippen LogP contribution in [0, 0.1) is 6.92 Å². The van der Waals surface area contributed by atoms with E-state index in [-0.39, 0.29) is 19.2 Å². The number of carboxylic acid groups (broad SMARTS) is 1. The van der Waals surface area contributed by atoms with Gasteiger partial charge in [0.15, 0.2) is 6.10 Å². The number of hydrogen-bond acceptors (Lipinski definition) is 3. The lowest BCUT2D eigenvalue weighted by atomic mass is 10.2. The number of carbonyl (C=O) groups excluding carboxylic acids is 1. The predicted molar refractivity (Wildman–Crippen MR) is 69.1 cm³/mol. The van der Waals surface area contributed by atoms with Gasteiger partial charge in [0.1, 0.15) is 0 Å². The lowest BCUT2D eigenvalue weighted by Gasteiger charge is -2.30. The summed E-state index contributed by atoms with van der Waals surface area (Å²) in [7, 11) is 0. The Balaban J connectivity index is 1.96. The number of rotatable bonds is 2. The largest absolute Gasteiger partial charge is 0.479 e. The summed E-state index contributed by atoms with van der Waals surface area (Å²) in [6.45, 7) is 2.65. The van der Waals surface area contributed by atoms with E-state index >= 15 is 0 Å². The molecule has 2 amide bonds. The van der Waals surface area contributed by atoms with Gasteiger partial charge in [0, 0.05) is 12.2 Å². The van der Waals surface area contributed by atoms with Gasteiger partial charge in [0.25, 0.3) is 0 Å². The monoisotopic (exact) mass is 264 g/mol. The number of ether oxygens (including phenoxy) is 1. The smallest absolute Gasteiger partial charge is 0.334 e. The van der Waals surface area contributed by atoms with E-state index in [1.54, 1.807) is 0 Å². The molecule has 6 heteroatoms. The molecule has 1 aliphatic rings. The summed E-state index contributed by atoms with van der Waals surface area (Å²) in [5.74, 6) is -1.05. The van der Waals surface area contributed by atoms with Crippen LogP contribution in [0.3, 0.4) is 0 Å². The van der Waals surface area contributed by atoms with Crippen LogP contribution in [-0.2, 0) is 9.53 Å². The van der Waals surface area contributed by atoms with Gasteiger partial charge in [-0.15, -0.1) is 0 Å². The van der Waals surface area contributed by atoms with Crippen molar-refractivity contribution in [2.45, 2.75) is 13.0 Å². The Hall–Kier alpha value is -2.08. The van der Waals surface area contributed by atoms with Gasteiger partial charge in [0.05, 0.1) is 13.2 Å². The Morgan fingerprint density at radius 2 is 2.05 bits per heavy atom. The minimum absolute atomic E-state index is 0.0625. The molecular weight excluding hydrogens is 248 g/mol. The molecule has 1 unspecified atom stereocenters. The lowest BCUT2D eigenvalue weighted by Crippen LogP contribution is -2.49. The summed E-state index contributed by atoms with van der Waals surface area (Å²) in [6.07, 6.45) is -0.947. The molecule has 0 spiro atoms. The summed E-state index contributed by atoms with van der Waals surface area (Å²) in [5.41, 5.74) is 1.80. The first-order chi connectivity index (χ1) is 9.06. The standard InChI is InChI=1S/C13H16N2O4/c1-9-2-4-10(5-3-9)14-13(18)15-6-7-19-11(8-15)12(16)17/h2-5,11H,6-8H2,1H3,(H,14,18)(H,16,17). The van der Waals surface area contributed by atoms with Crippen molar-refractivity contribution < 1.29 is 19.4 Å². The van der Waals surface area contributed by atoms with Gasteiger partial charge in [-0.1, -0.05) is 17.7 Å². The van der Waals surface area contributed by atoms with E-state index in [1.807, 2.05) is 31.2 Å². The van der Waals surface area contributed by atoms with Crippen LogP contribution in [0.1, 0.15) is 5.56 Å². The van der Waals surface area contributed by atoms with Crippen molar-refractivity contribution in [2.24, 2.45) is 0 Å². The molecule has 6 nitrogen and oxygen atoms in total. The van der Waals surface area contributed by atoms with E-state index in [0.29, 0.717) is 12.2 Å². The summed E-state index contributed by atoms with van der Waals surface area (Å²) in [4.78, 5) is 24.3. The van der Waals surface area contributed by atoms with Crippen molar-refractivity contribution in [3.63, 3.8) is 0 Å². The maximum atomic E-state index is 12.0. The molecule has 1 fully saturated rings. The quantitative estimate of drug-likeness (QED) is 0.844. The Morgan fingerprint density at radius 3 is 2.68 bits per heavy atom. The minimum atomic E-state index is -1.05. The fraction of sp³-hybridized carbons (Fsp3) is 0.385. The zero-order chi connectivity index (χ0) is 13.8. The maximum Gasteiger partial charge on any atom is 0.334 e. The van der Waals surface area contributed by atoms with Crippen molar-refractivity contribution in [3.8, 4) is 0 Å². The fourth-order valence-corrected chi connectivity index (χ4v) is 1.82. The highest BCUT2D eigenvalue weighted by Gasteiger charge is 2.28. The van der Waals surface area contributed by atoms with Crippen molar-refractivity contribution in [3.05, 3.63) is 29.8 Å². The highest BCUT2D eigenvalue weighted by molar-refractivity contribution is 5.89. The van der Waals surface area contributed by atoms with E-state index in [2.05, 4.69) is 5.32 Å². The highest BCUT2D eigenvalue weighted by atomic mass is 16.5. The van der Waals surface area contributed by atoms with Crippen LogP contribution in [-0.4, -0.2) is 47.8 Å². The summed E-state index contributed by atoms with van der Waals surface area (Å²) in [6, 6.07) is 7.10. The first kappa shape index (κ1) is 13.4. The van der Waals surface area contributed by atoms with E-state index in [1.165, 1.54) is 4.90 Å². The van der Waals surface area contributed by atoms with Gasteiger partial charge in [-0.2, -0.15) is 0 Å². The second-order valence-corrected chi connectivity index (χ2v) is 4.44. The van der Waals surface area contributed by atoms with Crippen LogP contribution < -0.4 is 5.32 Å². The Kier molecular flexibility index (Phi) is 4.01. The third-order valence-corrected chi connectivity index (χ3v) is 2.93. The fourth-order valence-electron chi connectivity index (χ4n) is 1.82. The maximum absolute atomic E-state index is 12.0. The van der Waals surface area contributed by atoms with Crippen LogP contribution in [0.25, 0.3) is 0 Å². The number of nitrogens with one attached hydrogen (secondary N) is 1. The molecule has 0 saturated carbocycles. The zero-order valence-electron chi connectivity index (χ0n) is 10.6. The molecular formula is C13H16N2O4. The Labute approximate surface area is 111 Å². The van der Waals surface area contributed by atoms with E-state index < -0.39 is 12.1 Å². The van der Waals surface area contributed by atoms with Gasteiger partial charge in [-0.25, -0.2) is 9.59 Å². The van der Waals surface area contributed by atoms with E-state index in [9.17, 15) is 9.59 Å². The van der Waals surface area contributed by atoms with Gasteiger partial charge < -0.3 is 20.1 Å². The second-order valence-electron chi connectivity index (χ2n) is 4.44. The molecule has 1 aliphatic heterocycles. The normalized spacial score (nSPS) is 19.0. The topological polar surface area (TPSA) is 78.9 Å². The first-order valence-electron chi connectivity index (χ1n) is 6.03. The molecule has 2 N–H and O–H groups in total. The van der Waals surface area contributed by atoms with Gasteiger partial charge >= 0.3 is 12.0 Å². The summed E-state index contributed by atoms with van der Waals surface area (Å²) >= 11 is 0. The molecule has 0 aliphatic carbocycles. The number of amides is 2. The summed E-state index contributed by atoms with van der Waals surface area (Å²) in [5, 5.41) is 11.6. The molecule has 0 radical (unpaired) electrons. The van der Waals surface area contributed by atoms with Crippen LogP contribution in [0.4, 0.5) is 10.5 Å². The molecule has 102 valence electrons. The molecule has 0 bridgehead atoms. The predicted octanol–water partition coefficient (Wildman–Crippen LogP) is 1.31. The first-order valence-corrected chi connectivity index (χ1v) is 6.03. The average Bonchev–Trinajstić information content (AvgIpc) is 2.41. The molecule has 1 saturated heterocycles. The third-order valence-electron chi connectivity index (χ3n) is 2.93. The number of urea groups is 1. The molecule has 1 aromatic rings. The number of carboxylic acids is 1. The SMILES string of the molecule is Cc1ccc(NC(=O)N2CCOC(C(=O)O)C2)cc1. The zero-order valence-corrected chi connectivity index (χ0v) is 10.6. The number of aliphatic carboxylic acids is 1. The van der Waals surface area contributed by atoms with Crippen molar-refractivity contribution in [1.29, 1.82) is 0 Å². The molecule has 2 rings (SSSR count). The van der Waals surface area contributed by atoms with Gasteiger partial charge in [-0.3, -0.25) is 0 Å². The number of anilines is 1. The number of hydrogen-bond donors (Lipinski definition) is 2. The van der Waals surface area contributed by atoms with Crippen LogP contribution in [0.15, 0.2) is 24.3 Å². The third kappa shape index (κ3) is 3.45.